The number of nitrogens with two attached hydrogens (primary N) is 1. The number of halogens is 1. The molecule has 2 heterocycles. The molecule has 94 valence electrons. The van der Waals surface area contributed by atoms with Crippen LogP contribution in [0.15, 0.2) is 54.9 Å². The number of benzene rings is 1. The molecule has 0 radical (unpaired) electrons. The molecule has 4 nitrogen and oxygen atoms in total. The van der Waals surface area contributed by atoms with Crippen molar-refractivity contribution >= 4 is 17.3 Å². The van der Waals surface area contributed by atoms with E-state index in [1.807, 2.05) is 42.5 Å². The van der Waals surface area contributed by atoms with E-state index in [-0.39, 0.29) is 0 Å². The lowest BCUT2D eigenvalue weighted by Gasteiger charge is -2.02. The third-order valence-electron chi connectivity index (χ3n) is 2.75. The van der Waals surface area contributed by atoms with Crippen molar-refractivity contribution in [1.29, 1.82) is 0 Å². The molecule has 0 saturated carbocycles. The van der Waals surface area contributed by atoms with E-state index in [9.17, 15) is 0 Å². The highest BCUT2D eigenvalue weighted by atomic mass is 35.5. The van der Waals surface area contributed by atoms with E-state index in [4.69, 9.17) is 17.3 Å². The smallest absolute Gasteiger partial charge is 0.134 e. The zero-order valence-electron chi connectivity index (χ0n) is 9.99. The van der Waals surface area contributed by atoms with Crippen molar-refractivity contribution in [2.75, 3.05) is 5.73 Å². The Bertz CT molecular complexity index is 706. The van der Waals surface area contributed by atoms with Crippen molar-refractivity contribution in [3.63, 3.8) is 0 Å². The van der Waals surface area contributed by atoms with E-state index in [0.29, 0.717) is 16.4 Å². The van der Waals surface area contributed by atoms with Gasteiger partial charge in [-0.05, 0) is 24.3 Å². The molecule has 0 aliphatic heterocycles. The molecular formula is C14H11ClN4. The molecule has 2 aromatic heterocycles. The van der Waals surface area contributed by atoms with E-state index >= 15 is 0 Å². The van der Waals surface area contributed by atoms with Gasteiger partial charge in [0.25, 0.3) is 0 Å². The molecule has 0 amide bonds. The van der Waals surface area contributed by atoms with Gasteiger partial charge in [0.1, 0.15) is 5.69 Å². The lowest BCUT2D eigenvalue weighted by Crippen LogP contribution is -1.95. The molecule has 19 heavy (non-hydrogen) atoms. The second-order valence-corrected chi connectivity index (χ2v) is 4.45. The van der Waals surface area contributed by atoms with Crippen LogP contribution in [0.5, 0.6) is 0 Å². The van der Waals surface area contributed by atoms with E-state index < -0.39 is 0 Å². The number of anilines is 1. The molecular weight excluding hydrogens is 260 g/mol. The van der Waals surface area contributed by atoms with Gasteiger partial charge in [0, 0.05) is 6.20 Å². The van der Waals surface area contributed by atoms with Gasteiger partial charge < -0.3 is 5.73 Å². The molecule has 3 aromatic rings. The predicted octanol–water partition coefficient (Wildman–Crippen LogP) is 3.17. The number of hydrogen-bond acceptors (Lipinski definition) is 3. The maximum atomic E-state index is 6.15. The van der Waals surface area contributed by atoms with Crippen molar-refractivity contribution in [2.45, 2.75) is 0 Å². The van der Waals surface area contributed by atoms with Crippen LogP contribution in [0.2, 0.25) is 5.02 Å². The van der Waals surface area contributed by atoms with Gasteiger partial charge in [0.05, 0.1) is 28.3 Å². The summed E-state index contributed by atoms with van der Waals surface area (Å²) < 4.78 is 1.67. The lowest BCUT2D eigenvalue weighted by atomic mass is 10.2. The summed E-state index contributed by atoms with van der Waals surface area (Å²) in [6.45, 7) is 0. The maximum absolute atomic E-state index is 6.15. The predicted molar refractivity (Wildman–Crippen MR) is 76.2 cm³/mol. The van der Waals surface area contributed by atoms with Gasteiger partial charge in [0.2, 0.25) is 0 Å². The Kier molecular flexibility index (Phi) is 2.93. The van der Waals surface area contributed by atoms with Crippen LogP contribution in [0.4, 0.5) is 5.69 Å². The molecule has 0 saturated heterocycles. The van der Waals surface area contributed by atoms with Gasteiger partial charge in [-0.2, -0.15) is 5.10 Å². The zero-order chi connectivity index (χ0) is 13.2. The average Bonchev–Trinajstić information content (AvgIpc) is 2.82. The SMILES string of the molecule is Nc1cn(-c2ccccc2Cl)nc1-c1ccccn1. The Hall–Kier alpha value is -2.33. The third kappa shape index (κ3) is 2.18. The highest BCUT2D eigenvalue weighted by Crippen LogP contribution is 2.26. The Balaban J connectivity index is 2.10. The maximum Gasteiger partial charge on any atom is 0.134 e. The first-order valence-electron chi connectivity index (χ1n) is 5.77. The topological polar surface area (TPSA) is 56.7 Å². The monoisotopic (exact) mass is 270 g/mol. The van der Waals surface area contributed by atoms with Crippen molar-refractivity contribution in [2.24, 2.45) is 0 Å². The molecule has 2 N–H and O–H groups in total. The van der Waals surface area contributed by atoms with Crippen LogP contribution in [0.1, 0.15) is 0 Å². The zero-order valence-corrected chi connectivity index (χ0v) is 10.7. The molecule has 0 bridgehead atoms. The number of nitrogens with zero attached hydrogens (tertiary/aromatic N) is 3. The summed E-state index contributed by atoms with van der Waals surface area (Å²) in [5.41, 5.74) is 8.75. The van der Waals surface area contributed by atoms with Gasteiger partial charge in [-0.1, -0.05) is 29.8 Å². The standard InChI is InChI=1S/C14H11ClN4/c15-10-5-1-2-7-13(10)19-9-11(16)14(18-19)12-6-3-4-8-17-12/h1-9H,16H2. The fourth-order valence-electron chi connectivity index (χ4n) is 1.85. The molecule has 0 fully saturated rings. The average molecular weight is 271 g/mol. The van der Waals surface area contributed by atoms with E-state index in [0.717, 1.165) is 11.4 Å². The normalized spacial score (nSPS) is 10.6. The van der Waals surface area contributed by atoms with Crippen LogP contribution in [0.25, 0.3) is 17.1 Å². The van der Waals surface area contributed by atoms with Crippen LogP contribution < -0.4 is 5.73 Å². The largest absolute Gasteiger partial charge is 0.396 e. The fraction of sp³-hybridized carbons (Fsp3) is 0. The van der Waals surface area contributed by atoms with Crippen molar-refractivity contribution in [3.05, 3.63) is 59.9 Å². The molecule has 3 rings (SSSR count). The number of aromatic nitrogens is 3. The minimum atomic E-state index is 0.568. The Morgan fingerprint density at radius 2 is 1.84 bits per heavy atom. The third-order valence-corrected chi connectivity index (χ3v) is 3.07. The van der Waals surface area contributed by atoms with Gasteiger partial charge in [-0.25, -0.2) is 4.68 Å². The first-order valence-corrected chi connectivity index (χ1v) is 6.15. The number of nitrogen functional groups attached to an aromatic ring is 1. The van der Waals surface area contributed by atoms with Gasteiger partial charge in [0.15, 0.2) is 0 Å². The Morgan fingerprint density at radius 3 is 2.58 bits per heavy atom. The van der Waals surface area contributed by atoms with E-state index in [2.05, 4.69) is 10.1 Å². The summed E-state index contributed by atoms with van der Waals surface area (Å²) in [5.74, 6) is 0. The molecule has 0 unspecified atom stereocenters. The summed E-state index contributed by atoms with van der Waals surface area (Å²) in [6.07, 6.45) is 3.45. The first-order chi connectivity index (χ1) is 9.25. The summed E-state index contributed by atoms with van der Waals surface area (Å²) in [7, 11) is 0. The van der Waals surface area contributed by atoms with Crippen LogP contribution in [0.3, 0.4) is 0 Å². The second-order valence-electron chi connectivity index (χ2n) is 4.04. The molecule has 0 atom stereocenters. The fourth-order valence-corrected chi connectivity index (χ4v) is 2.07. The van der Waals surface area contributed by atoms with Crippen LogP contribution >= 0.6 is 11.6 Å². The number of hydrogen-bond donors (Lipinski definition) is 1. The molecule has 1 aromatic carbocycles. The Morgan fingerprint density at radius 1 is 1.05 bits per heavy atom. The van der Waals surface area contributed by atoms with Crippen molar-refractivity contribution in [1.82, 2.24) is 14.8 Å². The van der Waals surface area contributed by atoms with Gasteiger partial charge in [-0.15, -0.1) is 0 Å². The highest BCUT2D eigenvalue weighted by molar-refractivity contribution is 6.32. The van der Waals surface area contributed by atoms with Crippen LogP contribution in [0, 0.1) is 0 Å². The van der Waals surface area contributed by atoms with Crippen LogP contribution in [-0.2, 0) is 0 Å². The quantitative estimate of drug-likeness (QED) is 0.778. The number of pyridine rings is 1. The lowest BCUT2D eigenvalue weighted by molar-refractivity contribution is 0.883. The number of para-hydroxylation sites is 1. The Labute approximate surface area is 115 Å². The van der Waals surface area contributed by atoms with Gasteiger partial charge >= 0.3 is 0 Å². The number of rotatable bonds is 2. The molecule has 0 aliphatic carbocycles. The van der Waals surface area contributed by atoms with Crippen molar-refractivity contribution in [3.8, 4) is 17.1 Å². The second kappa shape index (κ2) is 4.74. The minimum Gasteiger partial charge on any atom is -0.396 e. The summed E-state index contributed by atoms with van der Waals surface area (Å²) in [5, 5.41) is 5.08. The van der Waals surface area contributed by atoms with Crippen LogP contribution in [-0.4, -0.2) is 14.8 Å². The van der Waals surface area contributed by atoms with Gasteiger partial charge in [-0.3, -0.25) is 4.98 Å². The highest BCUT2D eigenvalue weighted by Gasteiger charge is 2.11. The molecule has 5 heteroatoms. The van der Waals surface area contributed by atoms with E-state index in [1.54, 1.807) is 17.1 Å². The first kappa shape index (κ1) is 11.7. The molecule has 0 spiro atoms. The molecule has 0 aliphatic rings. The summed E-state index contributed by atoms with van der Waals surface area (Å²) in [4.78, 5) is 4.25. The minimum absolute atomic E-state index is 0.568. The summed E-state index contributed by atoms with van der Waals surface area (Å²) >= 11 is 6.15. The van der Waals surface area contributed by atoms with E-state index in [1.165, 1.54) is 0 Å². The summed E-state index contributed by atoms with van der Waals surface area (Å²) in [6, 6.07) is 13.1. The van der Waals surface area contributed by atoms with Crippen molar-refractivity contribution < 1.29 is 0 Å².